The Morgan fingerprint density at radius 2 is 2.12 bits per heavy atom. The van der Waals surface area contributed by atoms with Crippen LogP contribution in [0.15, 0.2) is 0 Å². The lowest BCUT2D eigenvalue weighted by molar-refractivity contribution is 0.0322. The van der Waals surface area contributed by atoms with Crippen molar-refractivity contribution in [2.45, 2.75) is 18.9 Å². The second-order valence-electron chi connectivity index (χ2n) is 4.16. The van der Waals surface area contributed by atoms with Crippen LogP contribution in [-0.2, 0) is 14.9 Å². The molecule has 1 unspecified atom stereocenters. The molecular formula is C9H19N3O3S. The maximum absolute atomic E-state index is 11.8. The van der Waals surface area contributed by atoms with Gasteiger partial charge in [0.15, 0.2) is 0 Å². The van der Waals surface area contributed by atoms with Crippen LogP contribution in [0, 0.1) is 0 Å². The molecule has 0 saturated carbocycles. The minimum atomic E-state index is -3.28. The zero-order valence-electron chi connectivity index (χ0n) is 9.31. The van der Waals surface area contributed by atoms with Crippen LogP contribution in [0.25, 0.3) is 0 Å². The van der Waals surface area contributed by atoms with E-state index in [4.69, 9.17) is 4.74 Å². The maximum Gasteiger partial charge on any atom is 0.279 e. The van der Waals surface area contributed by atoms with Crippen LogP contribution in [0.5, 0.6) is 0 Å². The number of nitrogens with one attached hydrogen (secondary N) is 2. The van der Waals surface area contributed by atoms with Crippen molar-refractivity contribution >= 4 is 10.2 Å². The van der Waals surface area contributed by atoms with Crippen molar-refractivity contribution in [3.8, 4) is 0 Å². The second kappa shape index (κ2) is 5.42. The van der Waals surface area contributed by atoms with E-state index < -0.39 is 10.2 Å². The summed E-state index contributed by atoms with van der Waals surface area (Å²) in [6, 6.07) is 0. The summed E-state index contributed by atoms with van der Waals surface area (Å²) in [5.41, 5.74) is 0. The lowest BCUT2D eigenvalue weighted by Crippen LogP contribution is -2.48. The van der Waals surface area contributed by atoms with Crippen molar-refractivity contribution in [1.82, 2.24) is 14.3 Å². The quantitative estimate of drug-likeness (QED) is 0.664. The molecule has 7 heteroatoms. The molecular weight excluding hydrogens is 230 g/mol. The van der Waals surface area contributed by atoms with Crippen LogP contribution in [0.4, 0.5) is 0 Å². The first-order valence-electron chi connectivity index (χ1n) is 5.75. The van der Waals surface area contributed by atoms with Gasteiger partial charge >= 0.3 is 0 Å². The molecule has 0 aromatic rings. The van der Waals surface area contributed by atoms with Gasteiger partial charge < -0.3 is 10.1 Å². The van der Waals surface area contributed by atoms with Crippen molar-refractivity contribution in [2.75, 3.05) is 39.3 Å². The van der Waals surface area contributed by atoms with Gasteiger partial charge in [-0.25, -0.2) is 0 Å². The van der Waals surface area contributed by atoms with Crippen LogP contribution in [-0.4, -0.2) is 58.2 Å². The van der Waals surface area contributed by atoms with Gasteiger partial charge in [-0.3, -0.25) is 0 Å². The van der Waals surface area contributed by atoms with E-state index in [1.807, 2.05) is 0 Å². The van der Waals surface area contributed by atoms with Crippen LogP contribution in [0.1, 0.15) is 12.8 Å². The Labute approximate surface area is 96.5 Å². The summed E-state index contributed by atoms with van der Waals surface area (Å²) >= 11 is 0. The number of hydrogen-bond donors (Lipinski definition) is 2. The Hall–Kier alpha value is -0.210. The first kappa shape index (κ1) is 12.3. The van der Waals surface area contributed by atoms with E-state index in [9.17, 15) is 8.42 Å². The molecule has 0 aliphatic carbocycles. The Morgan fingerprint density at radius 1 is 1.38 bits per heavy atom. The van der Waals surface area contributed by atoms with E-state index >= 15 is 0 Å². The topological polar surface area (TPSA) is 70.7 Å². The predicted octanol–water partition coefficient (Wildman–Crippen LogP) is -1.09. The first-order chi connectivity index (χ1) is 7.68. The average Bonchev–Trinajstić information content (AvgIpc) is 2.82. The van der Waals surface area contributed by atoms with Crippen molar-refractivity contribution in [1.29, 1.82) is 0 Å². The fraction of sp³-hybridized carbons (Fsp3) is 1.00. The van der Waals surface area contributed by atoms with Gasteiger partial charge in [0, 0.05) is 32.7 Å². The SMILES string of the molecule is O=S(=O)(NCC1CNCCO1)N1CCCC1. The molecule has 0 radical (unpaired) electrons. The predicted molar refractivity (Wildman–Crippen MR) is 60.3 cm³/mol. The highest BCUT2D eigenvalue weighted by molar-refractivity contribution is 7.87. The highest BCUT2D eigenvalue weighted by atomic mass is 32.2. The molecule has 94 valence electrons. The first-order valence-corrected chi connectivity index (χ1v) is 7.19. The molecule has 0 amide bonds. The molecule has 2 aliphatic heterocycles. The molecule has 2 saturated heterocycles. The molecule has 0 spiro atoms. The zero-order valence-corrected chi connectivity index (χ0v) is 10.1. The molecule has 16 heavy (non-hydrogen) atoms. The third-order valence-corrected chi connectivity index (χ3v) is 4.48. The second-order valence-corrected chi connectivity index (χ2v) is 5.91. The summed E-state index contributed by atoms with van der Waals surface area (Å²) in [6.07, 6.45) is 1.87. The van der Waals surface area contributed by atoms with Crippen LogP contribution >= 0.6 is 0 Å². The summed E-state index contributed by atoms with van der Waals surface area (Å²) in [6.45, 7) is 3.83. The van der Waals surface area contributed by atoms with Crippen LogP contribution in [0.2, 0.25) is 0 Å². The van der Waals surface area contributed by atoms with E-state index in [0.29, 0.717) is 32.8 Å². The maximum atomic E-state index is 11.8. The molecule has 0 aromatic heterocycles. The lowest BCUT2D eigenvalue weighted by Gasteiger charge is -2.25. The van der Waals surface area contributed by atoms with Crippen LogP contribution in [0.3, 0.4) is 0 Å². The number of morpholine rings is 1. The van der Waals surface area contributed by atoms with E-state index in [-0.39, 0.29) is 6.10 Å². The molecule has 1 atom stereocenters. The summed E-state index contributed by atoms with van der Waals surface area (Å²) in [4.78, 5) is 0. The number of ether oxygens (including phenoxy) is 1. The van der Waals surface area contributed by atoms with E-state index in [2.05, 4.69) is 10.0 Å². The van der Waals surface area contributed by atoms with E-state index in [0.717, 1.165) is 19.4 Å². The van der Waals surface area contributed by atoms with Gasteiger partial charge in [0.1, 0.15) is 0 Å². The molecule has 2 aliphatic rings. The molecule has 0 aromatic carbocycles. The third-order valence-electron chi connectivity index (χ3n) is 2.90. The molecule has 2 heterocycles. The smallest absolute Gasteiger partial charge is 0.279 e. The Balaban J connectivity index is 1.79. The number of rotatable bonds is 4. The van der Waals surface area contributed by atoms with Gasteiger partial charge in [-0.15, -0.1) is 0 Å². The molecule has 0 bridgehead atoms. The normalized spacial score (nSPS) is 28.4. The van der Waals surface area contributed by atoms with E-state index in [1.165, 1.54) is 4.31 Å². The van der Waals surface area contributed by atoms with Gasteiger partial charge in [-0.1, -0.05) is 0 Å². The fourth-order valence-electron chi connectivity index (χ4n) is 1.97. The Morgan fingerprint density at radius 3 is 2.75 bits per heavy atom. The lowest BCUT2D eigenvalue weighted by atomic mass is 10.3. The van der Waals surface area contributed by atoms with Crippen molar-refractivity contribution < 1.29 is 13.2 Å². The van der Waals surface area contributed by atoms with Crippen LogP contribution < -0.4 is 10.0 Å². The molecule has 6 nitrogen and oxygen atoms in total. The fourth-order valence-corrected chi connectivity index (χ4v) is 3.29. The number of hydrogen-bond acceptors (Lipinski definition) is 4. The monoisotopic (exact) mass is 249 g/mol. The summed E-state index contributed by atoms with van der Waals surface area (Å²) < 4.78 is 33.2. The van der Waals surface area contributed by atoms with Gasteiger partial charge in [-0.05, 0) is 12.8 Å². The summed E-state index contributed by atoms with van der Waals surface area (Å²) in [7, 11) is -3.28. The number of nitrogens with zero attached hydrogens (tertiary/aromatic N) is 1. The van der Waals surface area contributed by atoms with Crippen molar-refractivity contribution in [3.05, 3.63) is 0 Å². The molecule has 2 fully saturated rings. The highest BCUT2D eigenvalue weighted by Crippen LogP contribution is 2.11. The van der Waals surface area contributed by atoms with Gasteiger partial charge in [0.25, 0.3) is 10.2 Å². The minimum Gasteiger partial charge on any atom is -0.374 e. The zero-order chi connectivity index (χ0) is 11.4. The highest BCUT2D eigenvalue weighted by Gasteiger charge is 2.26. The third kappa shape index (κ3) is 3.14. The molecule has 2 rings (SSSR count). The van der Waals surface area contributed by atoms with E-state index in [1.54, 1.807) is 0 Å². The standard InChI is InChI=1S/C9H19N3O3S/c13-16(14,12-4-1-2-5-12)11-8-9-7-10-3-6-15-9/h9-11H,1-8H2. The average molecular weight is 249 g/mol. The minimum absolute atomic E-state index is 0.0499. The van der Waals surface area contributed by atoms with Crippen molar-refractivity contribution in [2.24, 2.45) is 0 Å². The van der Waals surface area contributed by atoms with Crippen molar-refractivity contribution in [3.63, 3.8) is 0 Å². The largest absolute Gasteiger partial charge is 0.374 e. The molecule has 2 N–H and O–H groups in total. The summed E-state index contributed by atoms with van der Waals surface area (Å²) in [5.74, 6) is 0. The Bertz CT molecular complexity index is 308. The van der Waals surface area contributed by atoms with Gasteiger partial charge in [0.05, 0.1) is 12.7 Å². The van der Waals surface area contributed by atoms with Gasteiger partial charge in [-0.2, -0.15) is 17.4 Å². The summed E-state index contributed by atoms with van der Waals surface area (Å²) in [5, 5.41) is 3.17. The van der Waals surface area contributed by atoms with Gasteiger partial charge in [0.2, 0.25) is 0 Å². The Kier molecular flexibility index (Phi) is 4.15.